The second-order valence-electron chi connectivity index (χ2n) is 10.1. The molecule has 38 heavy (non-hydrogen) atoms. The fraction of sp³-hybridized carbons (Fsp3) is 0.375. The number of carbonyl (C=O) groups excluding carboxylic acids is 2. The van der Waals surface area contributed by atoms with Crippen molar-refractivity contribution in [3.05, 3.63) is 107 Å². The predicted octanol–water partition coefficient (Wildman–Crippen LogP) is 5.70. The van der Waals surface area contributed by atoms with Crippen molar-refractivity contribution in [2.24, 2.45) is 5.92 Å². The zero-order valence-corrected chi connectivity index (χ0v) is 22.4. The molecule has 6 nitrogen and oxygen atoms in total. The van der Waals surface area contributed by atoms with Gasteiger partial charge in [0.1, 0.15) is 12.5 Å². The molecule has 0 aromatic heterocycles. The molecule has 6 heteroatoms. The number of rotatable bonds is 10. The van der Waals surface area contributed by atoms with Crippen molar-refractivity contribution >= 4 is 11.9 Å². The maximum Gasteiger partial charge on any atom is 0.337 e. The van der Waals surface area contributed by atoms with Crippen LogP contribution in [0.25, 0.3) is 0 Å². The SMILES string of the molecule is COC(=O)c1cccc(CCc2cccc(CC[C@H]3OC(C)(C)OC[C@@H]3C(=O)OCc3ccccc3)c2)c1. The van der Waals surface area contributed by atoms with E-state index in [2.05, 4.69) is 24.3 Å². The van der Waals surface area contributed by atoms with Crippen molar-refractivity contribution in [3.8, 4) is 0 Å². The Morgan fingerprint density at radius 3 is 2.18 bits per heavy atom. The molecule has 1 aliphatic rings. The van der Waals surface area contributed by atoms with Gasteiger partial charge in [0.2, 0.25) is 0 Å². The number of benzene rings is 3. The zero-order chi connectivity index (χ0) is 27.0. The van der Waals surface area contributed by atoms with Gasteiger partial charge in [0.25, 0.3) is 0 Å². The van der Waals surface area contributed by atoms with Gasteiger partial charge in [-0.2, -0.15) is 0 Å². The predicted molar refractivity (Wildman–Crippen MR) is 145 cm³/mol. The van der Waals surface area contributed by atoms with Gasteiger partial charge in [0.05, 0.1) is 25.4 Å². The summed E-state index contributed by atoms with van der Waals surface area (Å²) in [6.07, 6.45) is 2.83. The summed E-state index contributed by atoms with van der Waals surface area (Å²) in [6, 6.07) is 25.7. The third kappa shape index (κ3) is 7.76. The van der Waals surface area contributed by atoms with Crippen molar-refractivity contribution in [1.29, 1.82) is 0 Å². The van der Waals surface area contributed by atoms with E-state index in [9.17, 15) is 9.59 Å². The number of ether oxygens (including phenoxy) is 4. The van der Waals surface area contributed by atoms with Gasteiger partial charge in [0.15, 0.2) is 5.79 Å². The van der Waals surface area contributed by atoms with Crippen LogP contribution in [0.1, 0.15) is 52.9 Å². The molecule has 4 rings (SSSR count). The number of hydrogen-bond donors (Lipinski definition) is 0. The molecule has 3 aromatic rings. The lowest BCUT2D eigenvalue weighted by atomic mass is 9.94. The molecule has 0 aliphatic carbocycles. The van der Waals surface area contributed by atoms with Gasteiger partial charge in [0, 0.05) is 0 Å². The summed E-state index contributed by atoms with van der Waals surface area (Å²) in [6.45, 7) is 4.26. The van der Waals surface area contributed by atoms with Gasteiger partial charge < -0.3 is 18.9 Å². The molecule has 1 saturated heterocycles. The van der Waals surface area contributed by atoms with Gasteiger partial charge in [-0.05, 0) is 73.9 Å². The first kappa shape index (κ1) is 27.6. The van der Waals surface area contributed by atoms with Crippen LogP contribution < -0.4 is 0 Å². The largest absolute Gasteiger partial charge is 0.465 e. The first-order chi connectivity index (χ1) is 18.3. The second-order valence-corrected chi connectivity index (χ2v) is 10.1. The van der Waals surface area contributed by atoms with Crippen LogP contribution in [0, 0.1) is 5.92 Å². The molecular weight excluding hydrogens is 480 g/mol. The maximum atomic E-state index is 13.0. The van der Waals surface area contributed by atoms with Crippen molar-refractivity contribution < 1.29 is 28.5 Å². The lowest BCUT2D eigenvalue weighted by Gasteiger charge is -2.40. The van der Waals surface area contributed by atoms with E-state index >= 15 is 0 Å². The quantitative estimate of drug-likeness (QED) is 0.322. The number of hydrogen-bond acceptors (Lipinski definition) is 6. The topological polar surface area (TPSA) is 71.1 Å². The number of esters is 2. The normalized spacial score (nSPS) is 18.5. The summed E-state index contributed by atoms with van der Waals surface area (Å²) < 4.78 is 22.4. The molecule has 0 N–H and O–H groups in total. The minimum atomic E-state index is -0.749. The highest BCUT2D eigenvalue weighted by atomic mass is 16.7. The third-order valence-electron chi connectivity index (χ3n) is 6.78. The second kappa shape index (κ2) is 12.9. The molecule has 0 saturated carbocycles. The van der Waals surface area contributed by atoms with Gasteiger partial charge in [-0.25, -0.2) is 4.79 Å². The van der Waals surface area contributed by atoms with Crippen LogP contribution in [0.5, 0.6) is 0 Å². The molecule has 1 heterocycles. The summed E-state index contributed by atoms with van der Waals surface area (Å²) >= 11 is 0. The van der Waals surface area contributed by atoms with Crippen LogP contribution in [0.4, 0.5) is 0 Å². The fourth-order valence-corrected chi connectivity index (χ4v) is 4.70. The summed E-state index contributed by atoms with van der Waals surface area (Å²) in [5.74, 6) is -1.84. The van der Waals surface area contributed by atoms with E-state index in [4.69, 9.17) is 18.9 Å². The van der Waals surface area contributed by atoms with Crippen LogP contribution in [0.15, 0.2) is 78.9 Å². The van der Waals surface area contributed by atoms with Crippen LogP contribution in [-0.4, -0.2) is 37.5 Å². The standard InChI is InChI=1S/C32H36O6/c1-32(2)37-22-28(31(34)36-21-26-9-5-4-6-10-26)29(38-32)18-17-24-12-7-11-23(19-24)15-16-25-13-8-14-27(20-25)30(33)35-3/h4-14,19-20,28-29H,15-18,21-22H2,1-3H3/t28-,29+/m0/s1. The molecule has 0 bridgehead atoms. The molecule has 0 amide bonds. The van der Waals surface area contributed by atoms with Crippen molar-refractivity contribution in [2.45, 2.75) is 58.0 Å². The van der Waals surface area contributed by atoms with Gasteiger partial charge in [-0.1, -0.05) is 66.7 Å². The highest BCUT2D eigenvalue weighted by Crippen LogP contribution is 2.30. The van der Waals surface area contributed by atoms with Crippen molar-refractivity contribution in [3.63, 3.8) is 0 Å². The third-order valence-corrected chi connectivity index (χ3v) is 6.78. The van der Waals surface area contributed by atoms with E-state index in [-0.39, 0.29) is 31.3 Å². The fourth-order valence-electron chi connectivity index (χ4n) is 4.70. The number of methoxy groups -OCH3 is 1. The van der Waals surface area contributed by atoms with Crippen LogP contribution in [-0.2, 0) is 49.6 Å². The summed E-state index contributed by atoms with van der Waals surface area (Å²) in [7, 11) is 1.39. The van der Waals surface area contributed by atoms with Gasteiger partial charge in [-0.15, -0.1) is 0 Å². The van der Waals surface area contributed by atoms with Crippen LogP contribution in [0.2, 0.25) is 0 Å². The lowest BCUT2D eigenvalue weighted by Crippen LogP contribution is -2.49. The Hall–Kier alpha value is -3.48. The Labute approximate surface area is 224 Å². The maximum absolute atomic E-state index is 13.0. The highest BCUT2D eigenvalue weighted by Gasteiger charge is 2.40. The van der Waals surface area contributed by atoms with Crippen molar-refractivity contribution in [1.82, 2.24) is 0 Å². The van der Waals surface area contributed by atoms with Gasteiger partial charge in [-0.3, -0.25) is 4.79 Å². The summed E-state index contributed by atoms with van der Waals surface area (Å²) in [5.41, 5.74) is 5.01. The minimum absolute atomic E-state index is 0.233. The summed E-state index contributed by atoms with van der Waals surface area (Å²) in [5, 5.41) is 0. The van der Waals surface area contributed by atoms with Crippen LogP contribution >= 0.6 is 0 Å². The lowest BCUT2D eigenvalue weighted by molar-refractivity contribution is -0.292. The molecule has 2 atom stereocenters. The molecule has 3 aromatic carbocycles. The first-order valence-corrected chi connectivity index (χ1v) is 13.1. The van der Waals surface area contributed by atoms with E-state index in [1.807, 2.05) is 62.4 Å². The minimum Gasteiger partial charge on any atom is -0.465 e. The molecular formula is C32H36O6. The molecule has 0 spiro atoms. The van der Waals surface area contributed by atoms with E-state index in [0.717, 1.165) is 30.4 Å². The Kier molecular flexibility index (Phi) is 9.32. The molecule has 1 aliphatic heterocycles. The smallest absolute Gasteiger partial charge is 0.337 e. The van der Waals surface area contributed by atoms with Crippen molar-refractivity contribution in [2.75, 3.05) is 13.7 Å². The van der Waals surface area contributed by atoms with Crippen LogP contribution in [0.3, 0.4) is 0 Å². The monoisotopic (exact) mass is 516 g/mol. The van der Waals surface area contributed by atoms with E-state index in [1.54, 1.807) is 6.07 Å². The zero-order valence-electron chi connectivity index (χ0n) is 22.4. The molecule has 1 fully saturated rings. The van der Waals surface area contributed by atoms with E-state index < -0.39 is 11.7 Å². The Bertz CT molecular complexity index is 1220. The van der Waals surface area contributed by atoms with E-state index in [1.165, 1.54) is 18.2 Å². The molecule has 200 valence electrons. The number of carbonyl (C=O) groups is 2. The molecule has 0 unspecified atom stereocenters. The molecule has 0 radical (unpaired) electrons. The average Bonchev–Trinajstić information content (AvgIpc) is 2.94. The Balaban J connectivity index is 1.35. The number of aryl methyl sites for hydroxylation is 3. The first-order valence-electron chi connectivity index (χ1n) is 13.1. The average molecular weight is 517 g/mol. The summed E-state index contributed by atoms with van der Waals surface area (Å²) in [4.78, 5) is 24.8. The highest BCUT2D eigenvalue weighted by molar-refractivity contribution is 5.89. The van der Waals surface area contributed by atoms with E-state index in [0.29, 0.717) is 12.0 Å². The Morgan fingerprint density at radius 1 is 0.842 bits per heavy atom. The Morgan fingerprint density at radius 2 is 1.47 bits per heavy atom. The van der Waals surface area contributed by atoms with Gasteiger partial charge >= 0.3 is 11.9 Å².